The van der Waals surface area contributed by atoms with Crippen LogP contribution >= 0.6 is 0 Å². The number of hydrogen-bond acceptors (Lipinski definition) is 4. The Bertz CT molecular complexity index is 665. The number of aromatic nitrogens is 4. The van der Waals surface area contributed by atoms with Gasteiger partial charge in [0, 0.05) is 30.8 Å². The molecule has 0 unspecified atom stereocenters. The molecule has 118 valence electrons. The van der Waals surface area contributed by atoms with Crippen LogP contribution in [0, 0.1) is 0 Å². The molecule has 1 aliphatic rings. The van der Waals surface area contributed by atoms with Crippen molar-refractivity contribution < 1.29 is 4.79 Å². The molecular formula is C15H22N6O. The molecule has 7 nitrogen and oxygen atoms in total. The quantitative estimate of drug-likeness (QED) is 0.873. The maximum atomic E-state index is 11.5. The van der Waals surface area contributed by atoms with E-state index in [0.29, 0.717) is 5.56 Å². The minimum atomic E-state index is -0.414. The van der Waals surface area contributed by atoms with E-state index in [4.69, 9.17) is 5.73 Å². The fourth-order valence-corrected chi connectivity index (χ4v) is 3.20. The number of nitrogens with zero attached hydrogens (tertiary/aromatic N) is 4. The van der Waals surface area contributed by atoms with Crippen molar-refractivity contribution >= 4 is 5.91 Å². The molecule has 0 aromatic carbocycles. The lowest BCUT2D eigenvalue weighted by Gasteiger charge is -2.39. The first-order valence-electron chi connectivity index (χ1n) is 7.51. The number of H-pyrrole nitrogens is 1. The van der Waals surface area contributed by atoms with Crippen molar-refractivity contribution in [3.63, 3.8) is 0 Å². The second-order valence-corrected chi connectivity index (χ2v) is 6.38. The van der Waals surface area contributed by atoms with Gasteiger partial charge in [0.15, 0.2) is 0 Å². The number of piperidine rings is 1. The van der Waals surface area contributed by atoms with E-state index in [1.807, 2.05) is 24.1 Å². The van der Waals surface area contributed by atoms with Crippen molar-refractivity contribution in [2.24, 2.45) is 12.8 Å². The van der Waals surface area contributed by atoms with Crippen LogP contribution in [0.3, 0.4) is 0 Å². The Kier molecular flexibility index (Phi) is 3.74. The monoisotopic (exact) mass is 302 g/mol. The van der Waals surface area contributed by atoms with Gasteiger partial charge in [-0.05, 0) is 25.9 Å². The highest BCUT2D eigenvalue weighted by Crippen LogP contribution is 2.35. The Hall–Kier alpha value is -2.15. The number of amides is 1. The maximum absolute atomic E-state index is 11.5. The summed E-state index contributed by atoms with van der Waals surface area (Å²) >= 11 is 0. The molecule has 1 aliphatic heterocycles. The van der Waals surface area contributed by atoms with E-state index < -0.39 is 5.91 Å². The molecule has 0 atom stereocenters. The summed E-state index contributed by atoms with van der Waals surface area (Å²) in [6.07, 6.45) is 7.43. The third-order valence-electron chi connectivity index (χ3n) is 4.63. The summed E-state index contributed by atoms with van der Waals surface area (Å²) in [6, 6.07) is 0. The van der Waals surface area contributed by atoms with Crippen LogP contribution in [0.15, 0.2) is 18.6 Å². The van der Waals surface area contributed by atoms with Crippen molar-refractivity contribution in [3.8, 4) is 0 Å². The van der Waals surface area contributed by atoms with Gasteiger partial charge in [0.25, 0.3) is 5.91 Å². The normalized spacial score (nSPS) is 18.5. The number of aromatic amines is 1. The zero-order valence-electron chi connectivity index (χ0n) is 13.0. The highest BCUT2D eigenvalue weighted by atomic mass is 16.1. The van der Waals surface area contributed by atoms with Crippen LogP contribution in [0.4, 0.5) is 0 Å². The lowest BCUT2D eigenvalue weighted by molar-refractivity contribution is 0.0994. The number of primary amides is 1. The minimum Gasteiger partial charge on any atom is -0.365 e. The molecule has 3 heterocycles. The van der Waals surface area contributed by atoms with Crippen LogP contribution in [0.5, 0.6) is 0 Å². The number of carbonyl (C=O) groups excluding carboxylic acids is 1. The van der Waals surface area contributed by atoms with E-state index in [-0.39, 0.29) is 5.41 Å². The predicted octanol–water partition coefficient (Wildman–Crippen LogP) is 0.796. The Morgan fingerprint density at radius 1 is 1.41 bits per heavy atom. The lowest BCUT2D eigenvalue weighted by atomic mass is 9.76. The molecule has 2 aromatic rings. The molecule has 1 amide bonds. The number of likely N-dealkylation sites (tertiary alicyclic amines) is 1. The van der Waals surface area contributed by atoms with Gasteiger partial charge in [-0.25, -0.2) is 0 Å². The average molecular weight is 302 g/mol. The van der Waals surface area contributed by atoms with Crippen LogP contribution in [0.1, 0.15) is 41.4 Å². The Morgan fingerprint density at radius 3 is 2.73 bits per heavy atom. The molecule has 0 bridgehead atoms. The standard InChI is InChI=1S/C15H22N6O/c1-15(13-12(14(16)22)8-17-19-13)3-5-21(6-4-15)10-11-7-18-20(2)9-11/h7-9H,3-6,10H2,1-2H3,(H2,16,22)(H,17,19). The van der Waals surface area contributed by atoms with Crippen LogP contribution in [0.25, 0.3) is 0 Å². The summed E-state index contributed by atoms with van der Waals surface area (Å²) in [4.78, 5) is 13.9. The molecule has 7 heteroatoms. The summed E-state index contributed by atoms with van der Waals surface area (Å²) < 4.78 is 1.83. The summed E-state index contributed by atoms with van der Waals surface area (Å²) in [7, 11) is 1.93. The van der Waals surface area contributed by atoms with Crippen molar-refractivity contribution in [2.75, 3.05) is 13.1 Å². The summed E-state index contributed by atoms with van der Waals surface area (Å²) in [5, 5.41) is 11.2. The van der Waals surface area contributed by atoms with Crippen molar-refractivity contribution in [1.29, 1.82) is 0 Å². The largest absolute Gasteiger partial charge is 0.365 e. The average Bonchev–Trinajstić information content (AvgIpc) is 3.11. The van der Waals surface area contributed by atoms with Gasteiger partial charge < -0.3 is 5.73 Å². The van der Waals surface area contributed by atoms with Gasteiger partial charge in [-0.2, -0.15) is 10.2 Å². The Balaban J connectivity index is 1.67. The first-order valence-corrected chi connectivity index (χ1v) is 7.51. The number of hydrogen-bond donors (Lipinski definition) is 2. The number of carbonyl (C=O) groups is 1. The summed E-state index contributed by atoms with van der Waals surface area (Å²) in [5.41, 5.74) is 7.98. The summed E-state index contributed by atoms with van der Waals surface area (Å²) in [5.74, 6) is -0.414. The molecule has 3 rings (SSSR count). The van der Waals surface area contributed by atoms with Gasteiger partial charge in [-0.3, -0.25) is 19.5 Å². The van der Waals surface area contributed by atoms with Gasteiger partial charge >= 0.3 is 0 Å². The zero-order chi connectivity index (χ0) is 15.7. The van der Waals surface area contributed by atoms with Gasteiger partial charge in [0.1, 0.15) is 0 Å². The molecule has 1 saturated heterocycles. The molecule has 2 aromatic heterocycles. The van der Waals surface area contributed by atoms with Gasteiger partial charge in [-0.15, -0.1) is 0 Å². The first kappa shape index (κ1) is 14.8. The number of nitrogens with two attached hydrogens (primary N) is 1. The topological polar surface area (TPSA) is 92.8 Å². The van der Waals surface area contributed by atoms with Crippen LogP contribution < -0.4 is 5.73 Å². The second kappa shape index (κ2) is 5.57. The molecule has 0 aliphatic carbocycles. The summed E-state index contributed by atoms with van der Waals surface area (Å²) in [6.45, 7) is 5.04. The molecule has 0 spiro atoms. The van der Waals surface area contributed by atoms with Crippen LogP contribution in [-0.2, 0) is 19.0 Å². The number of nitrogens with one attached hydrogen (secondary N) is 1. The highest BCUT2D eigenvalue weighted by molar-refractivity contribution is 5.94. The smallest absolute Gasteiger partial charge is 0.252 e. The fraction of sp³-hybridized carbons (Fsp3) is 0.533. The lowest BCUT2D eigenvalue weighted by Crippen LogP contribution is -2.41. The highest BCUT2D eigenvalue weighted by Gasteiger charge is 2.35. The van der Waals surface area contributed by atoms with Gasteiger partial charge in [0.2, 0.25) is 0 Å². The molecule has 22 heavy (non-hydrogen) atoms. The molecular weight excluding hydrogens is 280 g/mol. The predicted molar refractivity (Wildman–Crippen MR) is 82.2 cm³/mol. The van der Waals surface area contributed by atoms with E-state index >= 15 is 0 Å². The third kappa shape index (κ3) is 2.76. The van der Waals surface area contributed by atoms with Gasteiger partial charge in [-0.1, -0.05) is 6.92 Å². The van der Waals surface area contributed by atoms with E-state index in [2.05, 4.69) is 27.1 Å². The molecule has 0 radical (unpaired) electrons. The third-order valence-corrected chi connectivity index (χ3v) is 4.63. The van der Waals surface area contributed by atoms with E-state index in [1.165, 1.54) is 11.8 Å². The van der Waals surface area contributed by atoms with E-state index in [1.54, 1.807) is 0 Å². The van der Waals surface area contributed by atoms with E-state index in [0.717, 1.165) is 38.2 Å². The Labute approximate surface area is 129 Å². The fourth-order valence-electron chi connectivity index (χ4n) is 3.20. The second-order valence-electron chi connectivity index (χ2n) is 6.38. The minimum absolute atomic E-state index is 0.0771. The van der Waals surface area contributed by atoms with E-state index in [9.17, 15) is 4.79 Å². The Morgan fingerprint density at radius 2 is 2.14 bits per heavy atom. The maximum Gasteiger partial charge on any atom is 0.252 e. The SMILES string of the molecule is Cn1cc(CN2CCC(C)(c3[nH]ncc3C(N)=O)CC2)cn1. The van der Waals surface area contributed by atoms with Crippen molar-refractivity contribution in [3.05, 3.63) is 35.4 Å². The number of aryl methyl sites for hydroxylation is 1. The van der Waals surface area contributed by atoms with Crippen LogP contribution in [0.2, 0.25) is 0 Å². The van der Waals surface area contributed by atoms with Gasteiger partial charge in [0.05, 0.1) is 23.7 Å². The first-order chi connectivity index (χ1) is 10.5. The molecule has 3 N–H and O–H groups in total. The van der Waals surface area contributed by atoms with Crippen molar-refractivity contribution in [1.82, 2.24) is 24.9 Å². The molecule has 1 fully saturated rings. The molecule has 0 saturated carbocycles. The van der Waals surface area contributed by atoms with Crippen LogP contribution in [-0.4, -0.2) is 43.9 Å². The zero-order valence-corrected chi connectivity index (χ0v) is 13.0. The van der Waals surface area contributed by atoms with Crippen molar-refractivity contribution in [2.45, 2.75) is 31.7 Å². The number of rotatable bonds is 4.